The summed E-state index contributed by atoms with van der Waals surface area (Å²) in [6, 6.07) is 4.60. The van der Waals surface area contributed by atoms with Crippen molar-refractivity contribution in [1.29, 1.82) is 0 Å². The van der Waals surface area contributed by atoms with Gasteiger partial charge in [-0.1, -0.05) is 12.1 Å². The van der Waals surface area contributed by atoms with Crippen molar-refractivity contribution in [3.8, 4) is 0 Å². The van der Waals surface area contributed by atoms with E-state index in [1.165, 1.54) is 0 Å². The van der Waals surface area contributed by atoms with E-state index < -0.39 is 12.0 Å². The molecule has 0 aliphatic rings. The Balaban J connectivity index is 2.35. The van der Waals surface area contributed by atoms with Gasteiger partial charge in [0, 0.05) is 6.42 Å². The molecule has 78 valence electrons. The summed E-state index contributed by atoms with van der Waals surface area (Å²) in [5, 5.41) is 8.71. The van der Waals surface area contributed by atoms with Crippen molar-refractivity contribution in [2.24, 2.45) is 5.73 Å². The summed E-state index contributed by atoms with van der Waals surface area (Å²) in [6.07, 6.45) is 0.276. The molecule has 1 aromatic heterocycles. The van der Waals surface area contributed by atoms with Crippen LogP contribution in [0.15, 0.2) is 18.2 Å². The van der Waals surface area contributed by atoms with Crippen molar-refractivity contribution in [2.45, 2.75) is 12.5 Å². The normalized spacial score (nSPS) is 12.9. The second kappa shape index (κ2) is 3.92. The number of benzene rings is 1. The van der Waals surface area contributed by atoms with E-state index in [2.05, 4.69) is 8.75 Å². The van der Waals surface area contributed by atoms with Gasteiger partial charge >= 0.3 is 5.97 Å². The highest BCUT2D eigenvalue weighted by Crippen LogP contribution is 2.17. The molecule has 0 radical (unpaired) electrons. The van der Waals surface area contributed by atoms with Gasteiger partial charge in [-0.15, -0.1) is 0 Å². The van der Waals surface area contributed by atoms with Gasteiger partial charge in [-0.2, -0.15) is 8.75 Å². The van der Waals surface area contributed by atoms with Crippen molar-refractivity contribution in [3.63, 3.8) is 0 Å². The Bertz CT molecular complexity index is 497. The van der Waals surface area contributed by atoms with E-state index in [9.17, 15) is 4.79 Å². The molecular weight excluding hydrogens is 214 g/mol. The van der Waals surface area contributed by atoms with E-state index in [1.807, 2.05) is 18.2 Å². The molecule has 2 aromatic rings. The van der Waals surface area contributed by atoms with Crippen LogP contribution in [-0.4, -0.2) is 25.9 Å². The standard InChI is InChI=1S/C9H9N3O2S/c10-6(9(13)14)4-5-2-1-3-7-8(5)12-15-11-7/h1-3,6H,4,10H2,(H,13,14)/t6-/m0/s1. The molecule has 0 aliphatic heterocycles. The average molecular weight is 223 g/mol. The minimum absolute atomic E-state index is 0.276. The zero-order valence-corrected chi connectivity index (χ0v) is 8.57. The first-order valence-corrected chi connectivity index (χ1v) is 5.10. The van der Waals surface area contributed by atoms with Gasteiger partial charge < -0.3 is 10.8 Å². The van der Waals surface area contributed by atoms with E-state index in [0.29, 0.717) is 0 Å². The molecule has 0 saturated carbocycles. The van der Waals surface area contributed by atoms with E-state index in [1.54, 1.807) is 0 Å². The molecule has 3 N–H and O–H groups in total. The van der Waals surface area contributed by atoms with Crippen LogP contribution in [0.2, 0.25) is 0 Å². The maximum Gasteiger partial charge on any atom is 0.320 e. The molecule has 1 aromatic carbocycles. The molecule has 2 rings (SSSR count). The number of carboxylic acids is 1. The number of hydrogen-bond acceptors (Lipinski definition) is 5. The molecule has 0 fully saturated rings. The quantitative estimate of drug-likeness (QED) is 0.797. The first kappa shape index (κ1) is 10.0. The van der Waals surface area contributed by atoms with E-state index in [4.69, 9.17) is 10.8 Å². The maximum atomic E-state index is 10.6. The first-order chi connectivity index (χ1) is 7.18. The molecule has 0 amide bonds. The zero-order chi connectivity index (χ0) is 10.8. The zero-order valence-electron chi connectivity index (χ0n) is 7.75. The highest BCUT2D eigenvalue weighted by atomic mass is 32.1. The highest BCUT2D eigenvalue weighted by Gasteiger charge is 2.14. The number of fused-ring (bicyclic) bond motifs is 1. The largest absolute Gasteiger partial charge is 0.480 e. The van der Waals surface area contributed by atoms with Crippen LogP contribution in [0.3, 0.4) is 0 Å². The third-order valence-corrected chi connectivity index (χ3v) is 2.67. The minimum atomic E-state index is -1.00. The Labute approximate surface area is 89.9 Å². The van der Waals surface area contributed by atoms with Gasteiger partial charge in [0.15, 0.2) is 0 Å². The van der Waals surface area contributed by atoms with Crippen LogP contribution < -0.4 is 5.73 Å². The molecule has 5 nitrogen and oxygen atoms in total. The lowest BCUT2D eigenvalue weighted by atomic mass is 10.1. The van der Waals surface area contributed by atoms with Crippen LogP contribution in [0, 0.1) is 0 Å². The molecule has 0 unspecified atom stereocenters. The van der Waals surface area contributed by atoms with Gasteiger partial charge in [0.25, 0.3) is 0 Å². The minimum Gasteiger partial charge on any atom is -0.480 e. The van der Waals surface area contributed by atoms with Crippen LogP contribution in [-0.2, 0) is 11.2 Å². The monoisotopic (exact) mass is 223 g/mol. The average Bonchev–Trinajstić information content (AvgIpc) is 2.66. The Morgan fingerprint density at radius 2 is 2.33 bits per heavy atom. The fourth-order valence-corrected chi connectivity index (χ4v) is 1.92. The predicted octanol–water partition coefficient (Wildman–Crippen LogP) is 0.646. The molecule has 6 heteroatoms. The van der Waals surface area contributed by atoms with Gasteiger partial charge in [0.05, 0.1) is 11.7 Å². The summed E-state index contributed by atoms with van der Waals surface area (Å²) in [5.41, 5.74) is 7.83. The Morgan fingerprint density at radius 1 is 1.53 bits per heavy atom. The number of hydrogen-bond donors (Lipinski definition) is 2. The lowest BCUT2D eigenvalue weighted by Gasteiger charge is -2.05. The lowest BCUT2D eigenvalue weighted by molar-refractivity contribution is -0.138. The fourth-order valence-electron chi connectivity index (χ4n) is 1.35. The molecule has 1 atom stereocenters. The predicted molar refractivity (Wildman–Crippen MR) is 56.7 cm³/mol. The Hall–Kier alpha value is -1.53. The number of carboxylic acid groups (broad SMARTS) is 1. The smallest absolute Gasteiger partial charge is 0.320 e. The SMILES string of the molecule is N[C@@H](Cc1cccc2nsnc12)C(=O)O. The fraction of sp³-hybridized carbons (Fsp3) is 0.222. The van der Waals surface area contributed by atoms with Crippen molar-refractivity contribution in [2.75, 3.05) is 0 Å². The van der Waals surface area contributed by atoms with Crippen LogP contribution in [0.4, 0.5) is 0 Å². The molecule has 15 heavy (non-hydrogen) atoms. The third kappa shape index (κ3) is 1.95. The molecule has 1 heterocycles. The lowest BCUT2D eigenvalue weighted by Crippen LogP contribution is -2.32. The highest BCUT2D eigenvalue weighted by molar-refractivity contribution is 7.00. The van der Waals surface area contributed by atoms with Crippen LogP contribution in [0.5, 0.6) is 0 Å². The second-order valence-corrected chi connectivity index (χ2v) is 3.73. The van der Waals surface area contributed by atoms with Gasteiger partial charge in [-0.3, -0.25) is 4.79 Å². The number of carbonyl (C=O) groups is 1. The van der Waals surface area contributed by atoms with Gasteiger partial charge in [-0.25, -0.2) is 0 Å². The van der Waals surface area contributed by atoms with Crippen LogP contribution in [0.1, 0.15) is 5.56 Å². The summed E-state index contributed by atoms with van der Waals surface area (Å²) >= 11 is 1.11. The molecule has 0 bridgehead atoms. The van der Waals surface area contributed by atoms with Crippen molar-refractivity contribution in [3.05, 3.63) is 23.8 Å². The van der Waals surface area contributed by atoms with Crippen LogP contribution >= 0.6 is 11.7 Å². The van der Waals surface area contributed by atoms with Crippen molar-refractivity contribution < 1.29 is 9.90 Å². The molecule has 0 aliphatic carbocycles. The van der Waals surface area contributed by atoms with E-state index in [-0.39, 0.29) is 6.42 Å². The summed E-state index contributed by atoms with van der Waals surface area (Å²) < 4.78 is 8.19. The van der Waals surface area contributed by atoms with E-state index in [0.717, 1.165) is 28.3 Å². The van der Waals surface area contributed by atoms with Gasteiger partial charge in [0.2, 0.25) is 0 Å². The maximum absolute atomic E-state index is 10.6. The van der Waals surface area contributed by atoms with Crippen LogP contribution in [0.25, 0.3) is 11.0 Å². The molecule has 0 spiro atoms. The number of nitrogens with zero attached hydrogens (tertiary/aromatic N) is 2. The van der Waals surface area contributed by atoms with E-state index >= 15 is 0 Å². The Morgan fingerprint density at radius 3 is 3.07 bits per heavy atom. The first-order valence-electron chi connectivity index (χ1n) is 4.37. The number of nitrogens with two attached hydrogens (primary N) is 1. The van der Waals surface area contributed by atoms with Gasteiger partial charge in [-0.05, 0) is 11.6 Å². The summed E-state index contributed by atoms with van der Waals surface area (Å²) in [6.45, 7) is 0. The summed E-state index contributed by atoms with van der Waals surface area (Å²) in [4.78, 5) is 10.6. The molecule has 0 saturated heterocycles. The number of aromatic nitrogens is 2. The number of aliphatic carboxylic acids is 1. The van der Waals surface area contributed by atoms with Crippen molar-refractivity contribution >= 4 is 28.7 Å². The topological polar surface area (TPSA) is 89.1 Å². The van der Waals surface area contributed by atoms with Crippen molar-refractivity contribution in [1.82, 2.24) is 8.75 Å². The molecular formula is C9H9N3O2S. The number of rotatable bonds is 3. The summed E-state index contributed by atoms with van der Waals surface area (Å²) in [5.74, 6) is -1.00. The van der Waals surface area contributed by atoms with Gasteiger partial charge in [0.1, 0.15) is 17.1 Å². The second-order valence-electron chi connectivity index (χ2n) is 3.20. The Kier molecular flexibility index (Phi) is 2.61. The third-order valence-electron chi connectivity index (χ3n) is 2.13. The summed E-state index contributed by atoms with van der Waals surface area (Å²) in [7, 11) is 0.